The van der Waals surface area contributed by atoms with Gasteiger partial charge in [-0.25, -0.2) is 4.79 Å². The minimum atomic E-state index is -1.04. The number of hydrogen-bond donors (Lipinski definition) is 3. The zero-order valence-corrected chi connectivity index (χ0v) is 18.5. The molecule has 0 spiro atoms. The smallest absolute Gasteiger partial charge is 0.407 e. The van der Waals surface area contributed by atoms with Crippen molar-refractivity contribution in [1.29, 1.82) is 0 Å². The summed E-state index contributed by atoms with van der Waals surface area (Å²) in [6, 6.07) is 7.48. The summed E-state index contributed by atoms with van der Waals surface area (Å²) < 4.78 is 0. The van der Waals surface area contributed by atoms with Crippen LogP contribution >= 0.6 is 0 Å². The number of carboxylic acid groups (broad SMARTS) is 1. The zero-order valence-electron chi connectivity index (χ0n) is 18.5. The highest BCUT2D eigenvalue weighted by atomic mass is 16.4. The summed E-state index contributed by atoms with van der Waals surface area (Å²) in [5, 5.41) is 31.7. The first-order chi connectivity index (χ1) is 14.2. The molecule has 2 aromatic carbocycles. The van der Waals surface area contributed by atoms with Crippen molar-refractivity contribution >= 4 is 11.7 Å². The molecule has 0 aliphatic heterocycles. The van der Waals surface area contributed by atoms with Crippen LogP contribution in [0.3, 0.4) is 0 Å². The van der Waals surface area contributed by atoms with E-state index >= 15 is 0 Å². The van der Waals surface area contributed by atoms with Crippen LogP contribution in [0.25, 0.3) is 16.7 Å². The number of hydrogen-bond acceptors (Lipinski definition) is 3. The third-order valence-electron chi connectivity index (χ3n) is 5.43. The van der Waals surface area contributed by atoms with Gasteiger partial charge in [0.05, 0.1) is 12.1 Å². The van der Waals surface area contributed by atoms with E-state index < -0.39 is 6.09 Å². The fraction of sp³-hybridized carbons (Fsp3) is 0.400. The molecule has 2 aromatic rings. The summed E-state index contributed by atoms with van der Waals surface area (Å²) in [5.41, 5.74) is 5.00. The Morgan fingerprint density at radius 3 is 2.40 bits per heavy atom. The molecule has 5 nitrogen and oxygen atoms in total. The number of phenolic OH excluding ortho intramolecular Hbond substituents is 2. The zero-order chi connectivity index (χ0) is 22.4. The lowest BCUT2D eigenvalue weighted by molar-refractivity contribution is 0.144. The maximum atomic E-state index is 11.6. The van der Waals surface area contributed by atoms with E-state index in [9.17, 15) is 20.1 Å². The van der Waals surface area contributed by atoms with Crippen molar-refractivity contribution in [3.05, 3.63) is 53.1 Å². The van der Waals surface area contributed by atoms with Crippen molar-refractivity contribution in [2.75, 3.05) is 6.54 Å². The molecule has 0 atom stereocenters. The lowest BCUT2D eigenvalue weighted by Gasteiger charge is -2.23. The van der Waals surface area contributed by atoms with Crippen LogP contribution in [-0.4, -0.2) is 32.9 Å². The average molecular weight is 412 g/mol. The fourth-order valence-corrected chi connectivity index (χ4v) is 3.72. The molecular formula is C25H33NO4. The molecule has 0 aromatic heterocycles. The van der Waals surface area contributed by atoms with Crippen LogP contribution in [-0.2, 0) is 13.0 Å². The van der Waals surface area contributed by atoms with E-state index in [-0.39, 0.29) is 18.0 Å². The highest BCUT2D eigenvalue weighted by Gasteiger charge is 2.23. The summed E-state index contributed by atoms with van der Waals surface area (Å²) in [6.45, 7) is 12.1. The maximum absolute atomic E-state index is 11.6. The molecule has 5 heteroatoms. The van der Waals surface area contributed by atoms with Crippen molar-refractivity contribution in [2.24, 2.45) is 0 Å². The summed E-state index contributed by atoms with van der Waals surface area (Å²) in [6.07, 6.45) is 2.61. The van der Waals surface area contributed by atoms with Gasteiger partial charge in [-0.3, -0.25) is 0 Å². The second kappa shape index (κ2) is 10.2. The van der Waals surface area contributed by atoms with Crippen LogP contribution in [0, 0.1) is 6.92 Å². The second-order valence-corrected chi connectivity index (χ2v) is 7.84. The van der Waals surface area contributed by atoms with Gasteiger partial charge >= 0.3 is 6.09 Å². The van der Waals surface area contributed by atoms with Crippen LogP contribution in [0.2, 0.25) is 0 Å². The van der Waals surface area contributed by atoms with Gasteiger partial charge in [0.2, 0.25) is 0 Å². The van der Waals surface area contributed by atoms with Crippen molar-refractivity contribution in [3.63, 3.8) is 0 Å². The Morgan fingerprint density at radius 1 is 1.13 bits per heavy atom. The number of carbonyl (C=O) groups is 1. The van der Waals surface area contributed by atoms with Gasteiger partial charge in [0, 0.05) is 12.1 Å². The number of benzene rings is 2. The van der Waals surface area contributed by atoms with Crippen LogP contribution in [0.5, 0.6) is 11.5 Å². The monoisotopic (exact) mass is 411 g/mol. The quantitative estimate of drug-likeness (QED) is 0.421. The van der Waals surface area contributed by atoms with E-state index in [1.807, 2.05) is 32.0 Å². The molecule has 0 unspecified atom stereocenters. The van der Waals surface area contributed by atoms with Crippen molar-refractivity contribution < 1.29 is 20.1 Å². The maximum Gasteiger partial charge on any atom is 0.407 e. The van der Waals surface area contributed by atoms with Crippen LogP contribution in [0.15, 0.2) is 30.8 Å². The first-order valence-corrected chi connectivity index (χ1v) is 10.5. The third kappa shape index (κ3) is 5.15. The number of unbranched alkanes of at least 4 members (excludes halogenated alkanes) is 2. The molecule has 0 bridgehead atoms. The molecule has 2 rings (SSSR count). The molecule has 1 amide bonds. The summed E-state index contributed by atoms with van der Waals surface area (Å²) in [4.78, 5) is 12.9. The number of aryl methyl sites for hydroxylation is 2. The summed E-state index contributed by atoms with van der Waals surface area (Å²) in [7, 11) is 0. The molecule has 0 radical (unpaired) electrons. The standard InChI is InChI=1S/C25H33NO4/c1-6-8-9-10-18-14-22(27)23(20-13-17(5)11-12-19(20)16(3)4)24(28)21(18)15-26(7-2)25(29)30/h11-14,27-28H,3,6-10,15H2,1-2,4-5H3,(H,29,30). The number of nitrogens with zero attached hydrogens (tertiary/aromatic N) is 1. The van der Waals surface area contributed by atoms with Gasteiger partial charge in [0.25, 0.3) is 0 Å². The number of amides is 1. The SMILES string of the molecule is C=C(C)c1ccc(C)cc1-c1c(O)cc(CCCCC)c(CN(CC)C(=O)O)c1O. The predicted molar refractivity (Wildman–Crippen MR) is 122 cm³/mol. The van der Waals surface area contributed by atoms with Crippen LogP contribution < -0.4 is 0 Å². The number of allylic oxidation sites excluding steroid dienone is 1. The Kier molecular flexibility index (Phi) is 7.93. The van der Waals surface area contributed by atoms with Gasteiger partial charge < -0.3 is 20.2 Å². The predicted octanol–water partition coefficient (Wildman–Crippen LogP) is 6.34. The van der Waals surface area contributed by atoms with Gasteiger partial charge in [-0.2, -0.15) is 0 Å². The van der Waals surface area contributed by atoms with E-state index in [0.717, 1.165) is 41.5 Å². The van der Waals surface area contributed by atoms with E-state index in [1.165, 1.54) is 4.90 Å². The van der Waals surface area contributed by atoms with E-state index in [2.05, 4.69) is 13.5 Å². The Morgan fingerprint density at radius 2 is 1.83 bits per heavy atom. The van der Waals surface area contributed by atoms with E-state index in [0.29, 0.717) is 29.7 Å². The lowest BCUT2D eigenvalue weighted by Crippen LogP contribution is -2.29. The van der Waals surface area contributed by atoms with Crippen molar-refractivity contribution in [3.8, 4) is 22.6 Å². The molecule has 3 N–H and O–H groups in total. The Balaban J connectivity index is 2.72. The van der Waals surface area contributed by atoms with Gasteiger partial charge in [-0.15, -0.1) is 0 Å². The summed E-state index contributed by atoms with van der Waals surface area (Å²) in [5.74, 6) is -0.0662. The molecule has 0 aliphatic rings. The normalized spacial score (nSPS) is 10.8. The summed E-state index contributed by atoms with van der Waals surface area (Å²) >= 11 is 0. The first kappa shape index (κ1) is 23.3. The van der Waals surface area contributed by atoms with Gasteiger partial charge in [-0.05, 0) is 56.4 Å². The van der Waals surface area contributed by atoms with Gasteiger partial charge in [-0.1, -0.05) is 55.7 Å². The van der Waals surface area contributed by atoms with Crippen LogP contribution in [0.4, 0.5) is 4.79 Å². The Hall–Kier alpha value is -2.95. The molecule has 0 aliphatic carbocycles. The molecule has 0 saturated carbocycles. The van der Waals surface area contributed by atoms with Crippen molar-refractivity contribution in [2.45, 2.75) is 59.9 Å². The first-order valence-electron chi connectivity index (χ1n) is 10.5. The fourth-order valence-electron chi connectivity index (χ4n) is 3.72. The number of rotatable bonds is 9. The van der Waals surface area contributed by atoms with Crippen LogP contribution in [0.1, 0.15) is 62.3 Å². The molecule has 0 fully saturated rings. The van der Waals surface area contributed by atoms with E-state index in [1.54, 1.807) is 13.0 Å². The number of aromatic hydroxyl groups is 2. The molecule has 30 heavy (non-hydrogen) atoms. The van der Waals surface area contributed by atoms with Crippen molar-refractivity contribution in [1.82, 2.24) is 4.90 Å². The topological polar surface area (TPSA) is 81.0 Å². The molecule has 0 heterocycles. The molecule has 162 valence electrons. The number of phenols is 2. The second-order valence-electron chi connectivity index (χ2n) is 7.84. The van der Waals surface area contributed by atoms with Gasteiger partial charge in [0.1, 0.15) is 11.5 Å². The van der Waals surface area contributed by atoms with E-state index in [4.69, 9.17) is 0 Å². The largest absolute Gasteiger partial charge is 0.507 e. The highest BCUT2D eigenvalue weighted by Crippen LogP contribution is 2.45. The third-order valence-corrected chi connectivity index (χ3v) is 5.43. The lowest BCUT2D eigenvalue weighted by atomic mass is 9.89. The Labute approximate surface area is 179 Å². The highest BCUT2D eigenvalue weighted by molar-refractivity contribution is 5.87. The minimum Gasteiger partial charge on any atom is -0.507 e. The Bertz CT molecular complexity index is 933. The minimum absolute atomic E-state index is 0.00535. The van der Waals surface area contributed by atoms with Gasteiger partial charge in [0.15, 0.2) is 0 Å². The molecule has 0 saturated heterocycles. The average Bonchev–Trinajstić information content (AvgIpc) is 2.67. The molecular weight excluding hydrogens is 378 g/mol.